The second kappa shape index (κ2) is 4.51. The van der Waals surface area contributed by atoms with Gasteiger partial charge in [-0.3, -0.25) is 0 Å². The summed E-state index contributed by atoms with van der Waals surface area (Å²) < 4.78 is 5.73. The molecule has 3 heteroatoms. The Morgan fingerprint density at radius 1 is 1.29 bits per heavy atom. The molecular formula is C14H19ClO2. The van der Waals surface area contributed by atoms with E-state index in [-0.39, 0.29) is 17.6 Å². The molecule has 0 atom stereocenters. The highest BCUT2D eigenvalue weighted by Gasteiger charge is 2.29. The van der Waals surface area contributed by atoms with Crippen molar-refractivity contribution in [3.8, 4) is 5.75 Å². The van der Waals surface area contributed by atoms with E-state index in [0.717, 1.165) is 5.75 Å². The van der Waals surface area contributed by atoms with Crippen molar-refractivity contribution >= 4 is 11.6 Å². The molecule has 1 aliphatic carbocycles. The summed E-state index contributed by atoms with van der Waals surface area (Å²) in [5.41, 5.74) is 1.29. The summed E-state index contributed by atoms with van der Waals surface area (Å²) in [6.45, 7) is 6.46. The molecule has 0 radical (unpaired) electrons. The van der Waals surface area contributed by atoms with Crippen LogP contribution in [0.2, 0.25) is 5.02 Å². The molecule has 0 aliphatic heterocycles. The third-order valence-corrected chi connectivity index (χ3v) is 3.46. The Morgan fingerprint density at radius 3 is 2.41 bits per heavy atom. The van der Waals surface area contributed by atoms with Gasteiger partial charge in [-0.15, -0.1) is 0 Å². The molecule has 1 aromatic carbocycles. The predicted molar refractivity (Wildman–Crippen MR) is 69.8 cm³/mol. The lowest BCUT2D eigenvalue weighted by Crippen LogP contribution is -2.37. The summed E-state index contributed by atoms with van der Waals surface area (Å²) in [6.07, 6.45) is 1.32. The van der Waals surface area contributed by atoms with Gasteiger partial charge in [-0.25, -0.2) is 0 Å². The molecular weight excluding hydrogens is 236 g/mol. The molecule has 0 spiro atoms. The van der Waals surface area contributed by atoms with Crippen molar-refractivity contribution < 1.29 is 9.84 Å². The molecule has 1 aliphatic rings. The van der Waals surface area contributed by atoms with Crippen LogP contribution in [0, 0.1) is 0 Å². The fraction of sp³-hybridized carbons (Fsp3) is 0.571. The van der Waals surface area contributed by atoms with Crippen molar-refractivity contribution in [2.75, 3.05) is 0 Å². The van der Waals surface area contributed by atoms with Crippen LogP contribution in [0.3, 0.4) is 0 Å². The maximum absolute atomic E-state index is 9.20. The van der Waals surface area contributed by atoms with E-state index >= 15 is 0 Å². The number of benzene rings is 1. The van der Waals surface area contributed by atoms with E-state index in [1.807, 2.05) is 12.1 Å². The molecule has 0 amide bonds. The Bertz CT molecular complexity index is 403. The number of hydrogen-bond donors (Lipinski definition) is 1. The molecule has 0 aromatic heterocycles. The second-order valence-electron chi connectivity index (χ2n) is 5.76. The Hall–Kier alpha value is -0.730. The Labute approximate surface area is 108 Å². The van der Waals surface area contributed by atoms with Gasteiger partial charge < -0.3 is 9.84 Å². The van der Waals surface area contributed by atoms with Gasteiger partial charge in [-0.05, 0) is 23.1 Å². The highest BCUT2D eigenvalue weighted by atomic mass is 35.5. The largest absolute Gasteiger partial charge is 0.489 e. The molecule has 17 heavy (non-hydrogen) atoms. The number of halogens is 1. The molecule has 2 nitrogen and oxygen atoms in total. The molecule has 0 unspecified atom stereocenters. The van der Waals surface area contributed by atoms with Crippen molar-refractivity contribution in [2.45, 2.75) is 51.2 Å². The van der Waals surface area contributed by atoms with Crippen LogP contribution in [0.1, 0.15) is 39.2 Å². The number of aliphatic hydroxyl groups is 1. The zero-order valence-electron chi connectivity index (χ0n) is 10.5. The van der Waals surface area contributed by atoms with E-state index in [9.17, 15) is 5.11 Å². The molecule has 94 valence electrons. The quantitative estimate of drug-likeness (QED) is 0.875. The topological polar surface area (TPSA) is 29.5 Å². The van der Waals surface area contributed by atoms with Crippen LogP contribution in [0.4, 0.5) is 0 Å². The first-order valence-corrected chi connectivity index (χ1v) is 6.39. The molecule has 1 fully saturated rings. The molecule has 2 rings (SSSR count). The van der Waals surface area contributed by atoms with E-state index < -0.39 is 0 Å². The highest BCUT2D eigenvalue weighted by Crippen LogP contribution is 2.34. The first kappa shape index (κ1) is 12.7. The number of hydrogen-bond acceptors (Lipinski definition) is 2. The summed E-state index contributed by atoms with van der Waals surface area (Å²) in [5, 5.41) is 9.86. The fourth-order valence-corrected chi connectivity index (χ4v) is 2.10. The van der Waals surface area contributed by atoms with Crippen LogP contribution in [0.5, 0.6) is 5.75 Å². The van der Waals surface area contributed by atoms with E-state index in [1.54, 1.807) is 0 Å². The Balaban J connectivity index is 2.09. The monoisotopic (exact) mass is 254 g/mol. The molecule has 0 bridgehead atoms. The minimum Gasteiger partial charge on any atom is -0.489 e. The summed E-state index contributed by atoms with van der Waals surface area (Å²) in [7, 11) is 0. The lowest BCUT2D eigenvalue weighted by Gasteiger charge is -2.32. The minimum absolute atomic E-state index is 0.0921. The molecule has 0 heterocycles. The SMILES string of the molecule is CC(C)(C)c1ccc(OC2CC(O)C2)c(Cl)c1. The molecule has 1 saturated carbocycles. The van der Waals surface area contributed by atoms with Gasteiger partial charge in [0, 0.05) is 12.8 Å². The van der Waals surface area contributed by atoms with Crippen molar-refractivity contribution in [1.82, 2.24) is 0 Å². The van der Waals surface area contributed by atoms with Gasteiger partial charge in [0.1, 0.15) is 11.9 Å². The van der Waals surface area contributed by atoms with Gasteiger partial charge in [0.05, 0.1) is 11.1 Å². The molecule has 1 N–H and O–H groups in total. The Morgan fingerprint density at radius 2 is 1.94 bits per heavy atom. The summed E-state index contributed by atoms with van der Waals surface area (Å²) in [5.74, 6) is 0.719. The third kappa shape index (κ3) is 2.93. The van der Waals surface area contributed by atoms with Crippen LogP contribution in [0.25, 0.3) is 0 Å². The van der Waals surface area contributed by atoms with Gasteiger partial charge in [0.15, 0.2) is 0 Å². The number of aliphatic hydroxyl groups excluding tert-OH is 1. The summed E-state index contributed by atoms with van der Waals surface area (Å²) >= 11 is 6.21. The van der Waals surface area contributed by atoms with Crippen molar-refractivity contribution in [3.63, 3.8) is 0 Å². The van der Waals surface area contributed by atoms with Crippen LogP contribution >= 0.6 is 11.6 Å². The fourth-order valence-electron chi connectivity index (χ4n) is 1.88. The van der Waals surface area contributed by atoms with Crippen molar-refractivity contribution in [2.24, 2.45) is 0 Å². The average molecular weight is 255 g/mol. The second-order valence-corrected chi connectivity index (χ2v) is 6.17. The first-order chi connectivity index (χ1) is 7.86. The summed E-state index contributed by atoms with van der Waals surface area (Å²) in [4.78, 5) is 0. The summed E-state index contributed by atoms with van der Waals surface area (Å²) in [6, 6.07) is 5.94. The average Bonchev–Trinajstić information content (AvgIpc) is 2.16. The number of rotatable bonds is 2. The smallest absolute Gasteiger partial charge is 0.138 e. The lowest BCUT2D eigenvalue weighted by molar-refractivity contribution is -0.0107. The van der Waals surface area contributed by atoms with Gasteiger partial charge >= 0.3 is 0 Å². The lowest BCUT2D eigenvalue weighted by atomic mass is 9.87. The minimum atomic E-state index is -0.201. The van der Waals surface area contributed by atoms with Crippen molar-refractivity contribution in [3.05, 3.63) is 28.8 Å². The van der Waals surface area contributed by atoms with Gasteiger partial charge in [0.2, 0.25) is 0 Å². The van der Waals surface area contributed by atoms with Crippen LogP contribution in [0.15, 0.2) is 18.2 Å². The van der Waals surface area contributed by atoms with E-state index in [1.165, 1.54) is 5.56 Å². The van der Waals surface area contributed by atoms with E-state index in [4.69, 9.17) is 16.3 Å². The van der Waals surface area contributed by atoms with E-state index in [2.05, 4.69) is 26.8 Å². The normalized spacial score (nSPS) is 24.3. The van der Waals surface area contributed by atoms with Crippen LogP contribution in [-0.4, -0.2) is 17.3 Å². The Kier molecular flexibility index (Phi) is 3.37. The standard InChI is InChI=1S/C14H19ClO2/c1-14(2,3)9-4-5-13(12(15)6-9)17-11-7-10(16)8-11/h4-6,10-11,16H,7-8H2,1-3H3. The van der Waals surface area contributed by atoms with Crippen LogP contribution in [-0.2, 0) is 5.41 Å². The molecule has 0 saturated heterocycles. The van der Waals surface area contributed by atoms with Crippen LogP contribution < -0.4 is 4.74 Å². The van der Waals surface area contributed by atoms with Gasteiger partial charge in [-0.2, -0.15) is 0 Å². The third-order valence-electron chi connectivity index (χ3n) is 3.16. The first-order valence-electron chi connectivity index (χ1n) is 6.01. The molecule has 1 aromatic rings. The predicted octanol–water partition coefficient (Wildman–Crippen LogP) is 3.54. The van der Waals surface area contributed by atoms with Crippen molar-refractivity contribution in [1.29, 1.82) is 0 Å². The van der Waals surface area contributed by atoms with E-state index in [0.29, 0.717) is 17.9 Å². The van der Waals surface area contributed by atoms with Gasteiger partial charge in [-0.1, -0.05) is 38.4 Å². The maximum Gasteiger partial charge on any atom is 0.138 e. The zero-order chi connectivity index (χ0) is 12.6. The zero-order valence-corrected chi connectivity index (χ0v) is 11.3. The highest BCUT2D eigenvalue weighted by molar-refractivity contribution is 6.32. The van der Waals surface area contributed by atoms with Gasteiger partial charge in [0.25, 0.3) is 0 Å². The number of ether oxygens (including phenoxy) is 1. The maximum atomic E-state index is 9.20.